The number of oxime groups is 1. The molecule has 1 aliphatic heterocycles. The Balaban J connectivity index is 0.000000374. The van der Waals surface area contributed by atoms with Crippen molar-refractivity contribution in [1.82, 2.24) is 4.98 Å². The largest absolute Gasteiger partial charge is 0.387 e. The third-order valence-electron chi connectivity index (χ3n) is 7.57. The number of hydrogen-bond acceptors (Lipinski definition) is 4. The van der Waals surface area contributed by atoms with E-state index in [2.05, 4.69) is 44.1 Å². The van der Waals surface area contributed by atoms with Crippen molar-refractivity contribution >= 4 is 11.5 Å². The predicted molar refractivity (Wildman–Crippen MR) is 175 cm³/mol. The zero-order valence-corrected chi connectivity index (χ0v) is 25.9. The van der Waals surface area contributed by atoms with Crippen molar-refractivity contribution in [2.45, 2.75) is 66.9 Å². The van der Waals surface area contributed by atoms with Crippen molar-refractivity contribution in [1.29, 1.82) is 0 Å². The maximum atomic E-state index is 12.7. The van der Waals surface area contributed by atoms with Crippen LogP contribution in [0.25, 0.3) is 11.3 Å². The Morgan fingerprint density at radius 2 is 1.81 bits per heavy atom. The molecule has 3 atom stereocenters. The first-order valence-electron chi connectivity index (χ1n) is 14.6. The number of pyridine rings is 1. The Labute approximate surface area is 251 Å². The monoisotopic (exact) mass is 568 g/mol. The van der Waals surface area contributed by atoms with Crippen LogP contribution in [0.3, 0.4) is 0 Å². The average molecular weight is 569 g/mol. The molecule has 0 amide bonds. The van der Waals surface area contributed by atoms with E-state index in [0.717, 1.165) is 34.5 Å². The van der Waals surface area contributed by atoms with Crippen molar-refractivity contribution in [2.24, 2.45) is 17.0 Å². The van der Waals surface area contributed by atoms with E-state index < -0.39 is 0 Å². The fraction of sp³-hybridized carbons (Fsp3) is 0.324. The molecule has 3 rings (SSSR count). The third kappa shape index (κ3) is 10.4. The standard InChI is InChI=1S/C24H24N2O2.C13H21F/c1-4-6-7-10-17(3)24-16-22(26-28-24)19-13-18(21-11-8-9-12-25-21)14-20(15-19)23(27)5-2;1-6-10(3)12(5)11(4)8-9-13(14)7-2/h4,6-15,24H,1,5,16H2,2-3H3;7-10,12H,2,6H2,1,3-5H3/b7-6-,17-10+;11-8+,13-9+. The van der Waals surface area contributed by atoms with Crippen molar-refractivity contribution in [3.63, 3.8) is 0 Å². The molecular weight excluding hydrogens is 523 g/mol. The summed E-state index contributed by atoms with van der Waals surface area (Å²) in [5.41, 5.74) is 6.45. The maximum Gasteiger partial charge on any atom is 0.162 e. The molecule has 0 aliphatic carbocycles. The lowest BCUT2D eigenvalue weighted by Gasteiger charge is -2.18. The number of Topliss-reactive ketones (excluding diaryl/α,β-unsaturated/α-hetero) is 1. The van der Waals surface area contributed by atoms with Crippen LogP contribution < -0.4 is 0 Å². The van der Waals surface area contributed by atoms with E-state index in [1.54, 1.807) is 12.3 Å². The van der Waals surface area contributed by atoms with Gasteiger partial charge < -0.3 is 4.84 Å². The number of carbonyl (C=O) groups excluding carboxylic acids is 1. The second-order valence-electron chi connectivity index (χ2n) is 10.5. The lowest BCUT2D eigenvalue weighted by Crippen LogP contribution is -2.10. The molecule has 5 heteroatoms. The van der Waals surface area contributed by atoms with Gasteiger partial charge in [0.15, 0.2) is 11.9 Å². The average Bonchev–Trinajstić information content (AvgIpc) is 3.53. The minimum atomic E-state index is -0.277. The third-order valence-corrected chi connectivity index (χ3v) is 7.57. The summed E-state index contributed by atoms with van der Waals surface area (Å²) in [5.74, 6) is 0.974. The summed E-state index contributed by atoms with van der Waals surface area (Å²) in [4.78, 5) is 22.4. The minimum absolute atomic E-state index is 0.0979. The number of aromatic nitrogens is 1. The Hall–Kier alpha value is -4.12. The van der Waals surface area contributed by atoms with E-state index in [0.29, 0.717) is 30.2 Å². The smallest absolute Gasteiger partial charge is 0.162 e. The molecule has 222 valence electrons. The van der Waals surface area contributed by atoms with E-state index >= 15 is 0 Å². The van der Waals surface area contributed by atoms with Crippen LogP contribution in [0, 0.1) is 11.8 Å². The second kappa shape index (κ2) is 17.6. The Kier molecular flexibility index (Phi) is 14.3. The van der Waals surface area contributed by atoms with Crippen LogP contribution in [0.2, 0.25) is 0 Å². The first-order valence-corrected chi connectivity index (χ1v) is 14.6. The number of allylic oxidation sites excluding steroid dienone is 9. The number of hydrogen-bond donors (Lipinski definition) is 0. The van der Waals surface area contributed by atoms with E-state index in [1.807, 2.05) is 81.5 Å². The molecule has 0 spiro atoms. The molecule has 2 aromatic rings. The molecule has 1 aliphatic rings. The molecule has 1 aromatic heterocycles. The van der Waals surface area contributed by atoms with E-state index in [-0.39, 0.29) is 17.7 Å². The van der Waals surface area contributed by atoms with Gasteiger partial charge in [0.1, 0.15) is 5.83 Å². The molecule has 0 fully saturated rings. The molecule has 0 N–H and O–H groups in total. The lowest BCUT2D eigenvalue weighted by molar-refractivity contribution is 0.0988. The summed E-state index contributed by atoms with van der Waals surface area (Å²) in [7, 11) is 0. The maximum absolute atomic E-state index is 12.7. The van der Waals surface area contributed by atoms with Crippen LogP contribution in [-0.2, 0) is 4.84 Å². The molecule has 0 saturated heterocycles. The Morgan fingerprint density at radius 1 is 1.07 bits per heavy atom. The van der Waals surface area contributed by atoms with Gasteiger partial charge in [-0.05, 0) is 73.7 Å². The molecule has 3 unspecified atom stereocenters. The van der Waals surface area contributed by atoms with E-state index in [9.17, 15) is 9.18 Å². The van der Waals surface area contributed by atoms with Crippen LogP contribution in [0.4, 0.5) is 4.39 Å². The highest BCUT2D eigenvalue weighted by molar-refractivity contribution is 6.05. The van der Waals surface area contributed by atoms with Gasteiger partial charge in [-0.25, -0.2) is 4.39 Å². The topological polar surface area (TPSA) is 51.5 Å². The molecule has 2 heterocycles. The van der Waals surface area contributed by atoms with Crippen LogP contribution in [-0.4, -0.2) is 22.6 Å². The SMILES string of the molecule is C=C/C(F)=C\C=C(/C)C(C)C(C)CC.C=C/C=C\C=C(/C)C1CC(c2cc(C(=O)CC)cc(-c3ccccn3)c2)=NO1. The zero-order valence-electron chi connectivity index (χ0n) is 25.9. The van der Waals surface area contributed by atoms with Gasteiger partial charge in [-0.2, -0.15) is 0 Å². The highest BCUT2D eigenvalue weighted by atomic mass is 19.1. The molecule has 1 aromatic carbocycles. The molecule has 0 saturated carbocycles. The molecular formula is C37H45FN2O2. The minimum Gasteiger partial charge on any atom is -0.387 e. The van der Waals surface area contributed by atoms with Gasteiger partial charge in [-0.1, -0.05) is 94.4 Å². The summed E-state index contributed by atoms with van der Waals surface area (Å²) in [5, 5.41) is 4.30. The fourth-order valence-electron chi connectivity index (χ4n) is 4.26. The van der Waals surface area contributed by atoms with Crippen LogP contribution in [0.1, 0.15) is 76.7 Å². The Bertz CT molecular complexity index is 1370. The molecule has 42 heavy (non-hydrogen) atoms. The Morgan fingerprint density at radius 3 is 2.43 bits per heavy atom. The number of benzene rings is 1. The number of ketones is 1. The van der Waals surface area contributed by atoms with Crippen LogP contribution in [0.5, 0.6) is 0 Å². The van der Waals surface area contributed by atoms with Gasteiger partial charge in [0, 0.05) is 35.7 Å². The molecule has 4 nitrogen and oxygen atoms in total. The summed E-state index contributed by atoms with van der Waals surface area (Å²) in [6.45, 7) is 19.5. The number of nitrogens with zero attached hydrogens (tertiary/aromatic N) is 2. The van der Waals surface area contributed by atoms with Gasteiger partial charge in [0.05, 0.1) is 11.4 Å². The van der Waals surface area contributed by atoms with Gasteiger partial charge >= 0.3 is 0 Å². The lowest BCUT2D eigenvalue weighted by atomic mass is 9.87. The number of carbonyl (C=O) groups is 1. The van der Waals surface area contributed by atoms with Crippen molar-refractivity contribution in [2.75, 3.05) is 0 Å². The van der Waals surface area contributed by atoms with Gasteiger partial charge in [-0.15, -0.1) is 0 Å². The quantitative estimate of drug-likeness (QED) is 0.189. The molecule has 0 radical (unpaired) electrons. The summed E-state index contributed by atoms with van der Waals surface area (Å²) < 4.78 is 12.7. The van der Waals surface area contributed by atoms with E-state index in [1.165, 1.54) is 17.7 Å². The predicted octanol–water partition coefficient (Wildman–Crippen LogP) is 10.2. The first-order chi connectivity index (χ1) is 20.1. The zero-order chi connectivity index (χ0) is 31.1. The van der Waals surface area contributed by atoms with E-state index in [4.69, 9.17) is 4.84 Å². The van der Waals surface area contributed by atoms with Crippen molar-refractivity contribution in [3.8, 4) is 11.3 Å². The van der Waals surface area contributed by atoms with Crippen molar-refractivity contribution in [3.05, 3.63) is 126 Å². The fourth-order valence-corrected chi connectivity index (χ4v) is 4.26. The number of halogens is 1. The van der Waals surface area contributed by atoms with Crippen LogP contribution >= 0.6 is 0 Å². The summed E-state index contributed by atoms with van der Waals surface area (Å²) in [6, 6.07) is 11.6. The van der Waals surface area contributed by atoms with Gasteiger partial charge in [0.2, 0.25) is 0 Å². The van der Waals surface area contributed by atoms with Crippen molar-refractivity contribution < 1.29 is 14.0 Å². The number of rotatable bonds is 12. The normalized spacial score (nSPS) is 17.1. The first kappa shape index (κ1) is 34.1. The van der Waals surface area contributed by atoms with Gasteiger partial charge in [0.25, 0.3) is 0 Å². The highest BCUT2D eigenvalue weighted by Crippen LogP contribution is 2.27. The summed E-state index contributed by atoms with van der Waals surface area (Å²) >= 11 is 0. The highest BCUT2D eigenvalue weighted by Gasteiger charge is 2.24. The molecule has 0 bridgehead atoms. The van der Waals surface area contributed by atoms with Gasteiger partial charge in [-0.3, -0.25) is 9.78 Å². The summed E-state index contributed by atoms with van der Waals surface area (Å²) in [6.07, 6.45) is 16.0. The van der Waals surface area contributed by atoms with Crippen LogP contribution in [0.15, 0.2) is 120 Å². The second-order valence-corrected chi connectivity index (χ2v) is 10.5.